The van der Waals surface area contributed by atoms with Crippen LogP contribution < -0.4 is 9.64 Å². The molecular weight excluding hydrogens is 482 g/mol. The summed E-state index contributed by atoms with van der Waals surface area (Å²) in [4.78, 5) is 40.4. The Labute approximate surface area is 222 Å². The molecule has 1 N–H and O–H groups in total. The standard InChI is InChI=1S/C31H31NO6/c1-5-37-31(36)21-13-15-23(16-14-21)32-27(25-12-7-6-9-20(25)4)26(29(34)30(32)35)28(33)22-10-8-11-24(17-22)38-18-19(2)3/h6-17,19,27,33H,5,18H2,1-4H3/b28-26+. The number of hydrogen-bond donors (Lipinski definition) is 1. The van der Waals surface area contributed by atoms with E-state index in [0.29, 0.717) is 40.7 Å². The number of esters is 1. The van der Waals surface area contributed by atoms with Crippen molar-refractivity contribution in [2.45, 2.75) is 33.7 Å². The summed E-state index contributed by atoms with van der Waals surface area (Å²) in [7, 11) is 0. The summed E-state index contributed by atoms with van der Waals surface area (Å²) in [5.41, 5.74) is 2.67. The van der Waals surface area contributed by atoms with Gasteiger partial charge in [0.15, 0.2) is 0 Å². The maximum atomic E-state index is 13.4. The monoisotopic (exact) mass is 513 g/mol. The van der Waals surface area contributed by atoms with E-state index in [1.807, 2.05) is 45.0 Å². The molecule has 1 heterocycles. The molecular formula is C31H31NO6. The van der Waals surface area contributed by atoms with Gasteiger partial charge in [0.05, 0.1) is 30.4 Å². The SMILES string of the molecule is CCOC(=O)c1ccc(N2C(=O)C(=O)/C(=C(/O)c3cccc(OCC(C)C)c3)C2c2ccccc2C)cc1. The van der Waals surface area contributed by atoms with Crippen molar-refractivity contribution in [3.8, 4) is 5.75 Å². The molecule has 0 aliphatic carbocycles. The van der Waals surface area contributed by atoms with E-state index in [4.69, 9.17) is 9.47 Å². The number of aryl methyl sites for hydroxylation is 1. The summed E-state index contributed by atoms with van der Waals surface area (Å²) < 4.78 is 10.9. The van der Waals surface area contributed by atoms with E-state index in [2.05, 4.69) is 0 Å². The number of rotatable bonds is 8. The lowest BCUT2D eigenvalue weighted by Gasteiger charge is -2.26. The van der Waals surface area contributed by atoms with Gasteiger partial charge in [0.25, 0.3) is 11.7 Å². The molecule has 7 heteroatoms. The summed E-state index contributed by atoms with van der Waals surface area (Å²) in [5.74, 6) is -1.45. The van der Waals surface area contributed by atoms with Crippen LogP contribution in [-0.4, -0.2) is 36.0 Å². The zero-order valence-corrected chi connectivity index (χ0v) is 21.9. The Morgan fingerprint density at radius 2 is 1.68 bits per heavy atom. The Morgan fingerprint density at radius 3 is 2.34 bits per heavy atom. The molecule has 1 aliphatic heterocycles. The fourth-order valence-electron chi connectivity index (χ4n) is 4.41. The van der Waals surface area contributed by atoms with E-state index in [9.17, 15) is 19.5 Å². The number of hydrogen-bond acceptors (Lipinski definition) is 6. The highest BCUT2D eigenvalue weighted by Crippen LogP contribution is 2.43. The predicted molar refractivity (Wildman–Crippen MR) is 145 cm³/mol. The highest BCUT2D eigenvalue weighted by molar-refractivity contribution is 6.51. The van der Waals surface area contributed by atoms with Crippen LogP contribution in [0, 0.1) is 12.8 Å². The molecule has 7 nitrogen and oxygen atoms in total. The molecule has 3 aromatic carbocycles. The van der Waals surface area contributed by atoms with Gasteiger partial charge in [-0.2, -0.15) is 0 Å². The number of anilines is 1. The number of nitrogens with zero attached hydrogens (tertiary/aromatic N) is 1. The van der Waals surface area contributed by atoms with Gasteiger partial charge in [0.2, 0.25) is 0 Å². The lowest BCUT2D eigenvalue weighted by atomic mass is 9.92. The number of ether oxygens (including phenoxy) is 2. The van der Waals surface area contributed by atoms with Crippen LogP contribution in [0.15, 0.2) is 78.4 Å². The van der Waals surface area contributed by atoms with Crippen molar-refractivity contribution < 1.29 is 29.0 Å². The van der Waals surface area contributed by atoms with E-state index in [-0.39, 0.29) is 17.9 Å². The second kappa shape index (κ2) is 11.3. The molecule has 1 fully saturated rings. The number of ketones is 1. The van der Waals surface area contributed by atoms with Crippen molar-refractivity contribution in [1.82, 2.24) is 0 Å². The van der Waals surface area contributed by atoms with Crippen LogP contribution in [0.2, 0.25) is 0 Å². The number of amides is 1. The van der Waals surface area contributed by atoms with Crippen molar-refractivity contribution in [3.05, 3.63) is 101 Å². The molecule has 0 bridgehead atoms. The van der Waals surface area contributed by atoms with E-state index < -0.39 is 23.7 Å². The molecule has 1 aliphatic rings. The van der Waals surface area contributed by atoms with Crippen LogP contribution in [0.5, 0.6) is 5.75 Å². The minimum Gasteiger partial charge on any atom is -0.507 e. The lowest BCUT2D eigenvalue weighted by molar-refractivity contribution is -0.132. The number of benzene rings is 3. The average molecular weight is 514 g/mol. The van der Waals surface area contributed by atoms with E-state index >= 15 is 0 Å². The third-order valence-electron chi connectivity index (χ3n) is 6.27. The maximum Gasteiger partial charge on any atom is 0.338 e. The molecule has 38 heavy (non-hydrogen) atoms. The second-order valence-corrected chi connectivity index (χ2v) is 9.53. The van der Waals surface area contributed by atoms with Gasteiger partial charge in [0.1, 0.15) is 11.5 Å². The molecule has 0 aromatic heterocycles. The van der Waals surface area contributed by atoms with E-state index in [0.717, 1.165) is 5.56 Å². The van der Waals surface area contributed by atoms with Gasteiger partial charge >= 0.3 is 5.97 Å². The van der Waals surface area contributed by atoms with Gasteiger partial charge < -0.3 is 14.6 Å². The first-order chi connectivity index (χ1) is 18.2. The zero-order chi connectivity index (χ0) is 27.4. The van der Waals surface area contributed by atoms with Crippen molar-refractivity contribution in [2.24, 2.45) is 5.92 Å². The normalized spacial score (nSPS) is 16.7. The molecule has 1 saturated heterocycles. The highest BCUT2D eigenvalue weighted by Gasteiger charge is 2.47. The highest BCUT2D eigenvalue weighted by atomic mass is 16.5. The minimum absolute atomic E-state index is 0.0141. The summed E-state index contributed by atoms with van der Waals surface area (Å²) >= 11 is 0. The number of aliphatic hydroxyl groups is 1. The predicted octanol–water partition coefficient (Wildman–Crippen LogP) is 5.83. The first-order valence-electron chi connectivity index (χ1n) is 12.6. The van der Waals surface area contributed by atoms with Crippen molar-refractivity contribution >= 4 is 29.1 Å². The first-order valence-corrected chi connectivity index (χ1v) is 12.6. The average Bonchev–Trinajstić information content (AvgIpc) is 3.17. The summed E-state index contributed by atoms with van der Waals surface area (Å²) in [6.07, 6.45) is 0. The zero-order valence-electron chi connectivity index (χ0n) is 21.9. The largest absolute Gasteiger partial charge is 0.507 e. The molecule has 196 valence electrons. The fourth-order valence-corrected chi connectivity index (χ4v) is 4.41. The van der Waals surface area contributed by atoms with Crippen molar-refractivity contribution in [3.63, 3.8) is 0 Å². The third-order valence-corrected chi connectivity index (χ3v) is 6.27. The third kappa shape index (κ3) is 5.32. The molecule has 4 rings (SSSR count). The van der Waals surface area contributed by atoms with Gasteiger partial charge in [-0.25, -0.2) is 4.79 Å². The molecule has 1 amide bonds. The summed E-state index contributed by atoms with van der Waals surface area (Å²) in [6, 6.07) is 19.7. The first kappa shape index (κ1) is 26.7. The molecule has 0 radical (unpaired) electrons. The van der Waals surface area contributed by atoms with Crippen molar-refractivity contribution in [2.75, 3.05) is 18.1 Å². The van der Waals surface area contributed by atoms with Gasteiger partial charge in [-0.05, 0) is 67.3 Å². The fraction of sp³-hybridized carbons (Fsp3) is 0.258. The van der Waals surface area contributed by atoms with Crippen LogP contribution in [0.25, 0.3) is 5.76 Å². The van der Waals surface area contributed by atoms with Crippen LogP contribution in [0.1, 0.15) is 53.9 Å². The Kier molecular flexibility index (Phi) is 7.96. The second-order valence-electron chi connectivity index (χ2n) is 9.53. The Morgan fingerprint density at radius 1 is 0.974 bits per heavy atom. The number of carbonyl (C=O) groups excluding carboxylic acids is 3. The molecule has 0 saturated carbocycles. The minimum atomic E-state index is -0.870. The molecule has 0 spiro atoms. The molecule has 1 unspecified atom stereocenters. The Balaban J connectivity index is 1.83. The lowest BCUT2D eigenvalue weighted by Crippen LogP contribution is -2.29. The summed E-state index contributed by atoms with van der Waals surface area (Å²) in [5, 5.41) is 11.4. The molecule has 1 atom stereocenters. The quantitative estimate of drug-likeness (QED) is 0.176. The van der Waals surface area contributed by atoms with Crippen LogP contribution in [0.4, 0.5) is 5.69 Å². The molecule has 3 aromatic rings. The smallest absolute Gasteiger partial charge is 0.338 e. The van der Waals surface area contributed by atoms with E-state index in [1.54, 1.807) is 55.5 Å². The van der Waals surface area contributed by atoms with Gasteiger partial charge in [-0.1, -0.05) is 50.2 Å². The maximum absolute atomic E-state index is 13.4. The van der Waals surface area contributed by atoms with Crippen LogP contribution >= 0.6 is 0 Å². The number of carbonyl (C=O) groups is 3. The number of aliphatic hydroxyl groups excluding tert-OH is 1. The van der Waals surface area contributed by atoms with Gasteiger partial charge in [-0.15, -0.1) is 0 Å². The summed E-state index contributed by atoms with van der Waals surface area (Å²) in [6.45, 7) is 8.42. The van der Waals surface area contributed by atoms with Crippen LogP contribution in [0.3, 0.4) is 0 Å². The van der Waals surface area contributed by atoms with Crippen LogP contribution in [-0.2, 0) is 14.3 Å². The number of Topliss-reactive ketones (excluding diaryl/α,β-unsaturated/α-hetero) is 1. The Bertz CT molecular complexity index is 1390. The Hall–Kier alpha value is -4.39. The van der Waals surface area contributed by atoms with E-state index in [1.165, 1.54) is 4.90 Å². The van der Waals surface area contributed by atoms with Crippen molar-refractivity contribution in [1.29, 1.82) is 0 Å². The topological polar surface area (TPSA) is 93.1 Å². The van der Waals surface area contributed by atoms with Gasteiger partial charge in [-0.3, -0.25) is 14.5 Å². The van der Waals surface area contributed by atoms with Gasteiger partial charge in [0, 0.05) is 11.3 Å².